The second kappa shape index (κ2) is 10.5. The lowest BCUT2D eigenvalue weighted by Crippen LogP contribution is -2.30. The number of carbonyl (C=O) groups excluding carboxylic acids is 1. The minimum atomic E-state index is 0.0107. The maximum absolute atomic E-state index is 12.1. The molecule has 0 unspecified atom stereocenters. The first-order valence-electron chi connectivity index (χ1n) is 9.98. The molecule has 0 fully saturated rings. The van der Waals surface area contributed by atoms with E-state index in [0.717, 1.165) is 43.6 Å². The molecule has 0 aliphatic carbocycles. The molecule has 0 aliphatic rings. The van der Waals surface area contributed by atoms with Gasteiger partial charge in [0.15, 0.2) is 0 Å². The highest BCUT2D eigenvalue weighted by Gasteiger charge is 2.08. The van der Waals surface area contributed by atoms with Crippen LogP contribution in [-0.2, 0) is 11.3 Å². The van der Waals surface area contributed by atoms with Gasteiger partial charge in [-0.2, -0.15) is 4.80 Å². The Morgan fingerprint density at radius 2 is 1.79 bits per heavy atom. The van der Waals surface area contributed by atoms with Crippen LogP contribution in [0.4, 0.5) is 5.69 Å². The lowest BCUT2D eigenvalue weighted by atomic mass is 10.2. The molecule has 3 aromatic rings. The van der Waals surface area contributed by atoms with E-state index in [0.29, 0.717) is 12.4 Å². The molecule has 0 saturated carbocycles. The molecule has 3 rings (SSSR count). The van der Waals surface area contributed by atoms with Crippen LogP contribution in [0.2, 0.25) is 0 Å². The van der Waals surface area contributed by atoms with E-state index in [4.69, 9.17) is 0 Å². The number of anilines is 1. The van der Waals surface area contributed by atoms with E-state index in [2.05, 4.69) is 20.7 Å². The number of carbonyl (C=O) groups is 1. The fourth-order valence-electron chi connectivity index (χ4n) is 3.01. The third-order valence-electron chi connectivity index (χ3n) is 4.63. The summed E-state index contributed by atoms with van der Waals surface area (Å²) in [5.41, 5.74) is 2.99. The Labute approximate surface area is 171 Å². The molecule has 7 nitrogen and oxygen atoms in total. The molecule has 1 heterocycles. The first-order valence-corrected chi connectivity index (χ1v) is 9.98. The van der Waals surface area contributed by atoms with Gasteiger partial charge in [0.1, 0.15) is 0 Å². The summed E-state index contributed by atoms with van der Waals surface area (Å²) in [7, 11) is 1.97. The molecule has 2 aromatic carbocycles. The SMILES string of the molecule is Cc1ccc(NC(=O)CN(C)CCCCCn2nnc(-c3ccccc3)n2)cc1. The van der Waals surface area contributed by atoms with Crippen LogP contribution in [0.1, 0.15) is 24.8 Å². The van der Waals surface area contributed by atoms with Gasteiger partial charge in [0.2, 0.25) is 11.7 Å². The predicted octanol–water partition coefficient (Wildman–Crippen LogP) is 3.39. The van der Waals surface area contributed by atoms with Crippen LogP contribution in [0.25, 0.3) is 11.4 Å². The summed E-state index contributed by atoms with van der Waals surface area (Å²) in [6, 6.07) is 17.7. The molecule has 0 saturated heterocycles. The summed E-state index contributed by atoms with van der Waals surface area (Å²) < 4.78 is 0. The van der Waals surface area contributed by atoms with Crippen molar-refractivity contribution in [2.45, 2.75) is 32.7 Å². The zero-order valence-electron chi connectivity index (χ0n) is 17.1. The number of nitrogens with zero attached hydrogens (tertiary/aromatic N) is 5. The Balaban J connectivity index is 1.30. The molecule has 0 spiro atoms. The Kier molecular flexibility index (Phi) is 7.47. The Bertz CT molecular complexity index is 891. The van der Waals surface area contributed by atoms with E-state index in [1.807, 2.05) is 73.5 Å². The maximum atomic E-state index is 12.1. The van der Waals surface area contributed by atoms with E-state index < -0.39 is 0 Å². The second-order valence-corrected chi connectivity index (χ2v) is 7.29. The van der Waals surface area contributed by atoms with E-state index in [9.17, 15) is 4.79 Å². The monoisotopic (exact) mass is 392 g/mol. The molecular weight excluding hydrogens is 364 g/mol. The standard InChI is InChI=1S/C22H28N6O/c1-18-11-13-20(14-12-18)23-21(29)17-27(2)15-7-4-8-16-28-25-22(24-26-28)19-9-5-3-6-10-19/h3,5-6,9-14H,4,7-8,15-17H2,1-2H3,(H,23,29). The quantitative estimate of drug-likeness (QED) is 0.535. The summed E-state index contributed by atoms with van der Waals surface area (Å²) in [5.74, 6) is 0.668. The topological polar surface area (TPSA) is 75.9 Å². The van der Waals surface area contributed by atoms with E-state index in [1.54, 1.807) is 4.80 Å². The number of nitrogens with one attached hydrogen (secondary N) is 1. The fourth-order valence-corrected chi connectivity index (χ4v) is 3.01. The van der Waals surface area contributed by atoms with E-state index >= 15 is 0 Å². The molecule has 0 aliphatic heterocycles. The summed E-state index contributed by atoms with van der Waals surface area (Å²) in [6.45, 7) is 4.04. The number of unbranched alkanes of at least 4 members (excludes halogenated alkanes) is 2. The van der Waals surface area contributed by atoms with Crippen molar-refractivity contribution in [3.63, 3.8) is 0 Å². The van der Waals surface area contributed by atoms with Gasteiger partial charge in [-0.1, -0.05) is 54.4 Å². The number of aromatic nitrogens is 4. The first-order chi connectivity index (χ1) is 14.1. The maximum Gasteiger partial charge on any atom is 0.238 e. The number of amides is 1. The van der Waals surface area contributed by atoms with Crippen molar-refractivity contribution in [1.29, 1.82) is 0 Å². The van der Waals surface area contributed by atoms with Crippen molar-refractivity contribution in [3.05, 3.63) is 60.2 Å². The average molecular weight is 393 g/mol. The highest BCUT2D eigenvalue weighted by atomic mass is 16.2. The highest BCUT2D eigenvalue weighted by molar-refractivity contribution is 5.92. The molecule has 0 atom stereocenters. The molecule has 0 bridgehead atoms. The van der Waals surface area contributed by atoms with Crippen molar-refractivity contribution in [3.8, 4) is 11.4 Å². The molecule has 7 heteroatoms. The number of aryl methyl sites for hydroxylation is 2. The van der Waals surface area contributed by atoms with Crippen LogP contribution >= 0.6 is 0 Å². The van der Waals surface area contributed by atoms with Crippen LogP contribution in [0, 0.1) is 6.92 Å². The lowest BCUT2D eigenvalue weighted by molar-refractivity contribution is -0.117. The van der Waals surface area contributed by atoms with Gasteiger partial charge in [-0.15, -0.1) is 10.2 Å². The van der Waals surface area contributed by atoms with Crippen LogP contribution in [-0.4, -0.2) is 51.2 Å². The van der Waals surface area contributed by atoms with Gasteiger partial charge in [0.05, 0.1) is 13.1 Å². The zero-order valence-corrected chi connectivity index (χ0v) is 17.1. The van der Waals surface area contributed by atoms with Crippen LogP contribution in [0.3, 0.4) is 0 Å². The number of tetrazole rings is 1. The smallest absolute Gasteiger partial charge is 0.238 e. The third-order valence-corrected chi connectivity index (χ3v) is 4.63. The summed E-state index contributed by atoms with van der Waals surface area (Å²) in [5, 5.41) is 15.6. The third kappa shape index (κ3) is 6.80. The molecule has 0 radical (unpaired) electrons. The molecule has 29 heavy (non-hydrogen) atoms. The van der Waals surface area contributed by atoms with E-state index in [1.165, 1.54) is 5.56 Å². The fraction of sp³-hybridized carbons (Fsp3) is 0.364. The molecule has 1 amide bonds. The van der Waals surface area contributed by atoms with Crippen LogP contribution in [0.5, 0.6) is 0 Å². The lowest BCUT2D eigenvalue weighted by Gasteiger charge is -2.16. The second-order valence-electron chi connectivity index (χ2n) is 7.29. The van der Waals surface area contributed by atoms with Gasteiger partial charge in [0, 0.05) is 11.3 Å². The minimum Gasteiger partial charge on any atom is -0.325 e. The number of likely N-dealkylation sites (N-methyl/N-ethyl adjacent to an activating group) is 1. The van der Waals surface area contributed by atoms with Crippen molar-refractivity contribution in [2.75, 3.05) is 25.5 Å². The molecule has 152 valence electrons. The predicted molar refractivity (Wildman–Crippen MR) is 114 cm³/mol. The van der Waals surface area contributed by atoms with E-state index in [-0.39, 0.29) is 5.91 Å². The molecule has 1 N–H and O–H groups in total. The number of benzene rings is 2. The number of rotatable bonds is 10. The Hall–Kier alpha value is -3.06. The summed E-state index contributed by atoms with van der Waals surface area (Å²) in [4.78, 5) is 15.8. The first kappa shape index (κ1) is 20.7. The van der Waals surface area contributed by atoms with Crippen molar-refractivity contribution in [1.82, 2.24) is 25.1 Å². The Morgan fingerprint density at radius 3 is 2.55 bits per heavy atom. The normalized spacial score (nSPS) is 11.0. The average Bonchev–Trinajstić information content (AvgIpc) is 3.19. The molecule has 1 aromatic heterocycles. The van der Waals surface area contributed by atoms with Gasteiger partial charge in [0.25, 0.3) is 0 Å². The van der Waals surface area contributed by atoms with Gasteiger partial charge < -0.3 is 5.32 Å². The molecular formula is C22H28N6O. The highest BCUT2D eigenvalue weighted by Crippen LogP contribution is 2.12. The number of hydrogen-bond acceptors (Lipinski definition) is 5. The van der Waals surface area contributed by atoms with Gasteiger partial charge in [-0.05, 0) is 50.7 Å². The largest absolute Gasteiger partial charge is 0.325 e. The summed E-state index contributed by atoms with van der Waals surface area (Å²) in [6.07, 6.45) is 3.05. The van der Waals surface area contributed by atoms with Crippen LogP contribution in [0.15, 0.2) is 54.6 Å². The Morgan fingerprint density at radius 1 is 1.03 bits per heavy atom. The number of hydrogen-bond donors (Lipinski definition) is 1. The van der Waals surface area contributed by atoms with Gasteiger partial charge in [-0.3, -0.25) is 9.69 Å². The van der Waals surface area contributed by atoms with Crippen molar-refractivity contribution in [2.24, 2.45) is 0 Å². The summed E-state index contributed by atoms with van der Waals surface area (Å²) >= 11 is 0. The van der Waals surface area contributed by atoms with Gasteiger partial charge >= 0.3 is 0 Å². The minimum absolute atomic E-state index is 0.0107. The van der Waals surface area contributed by atoms with Crippen molar-refractivity contribution >= 4 is 11.6 Å². The van der Waals surface area contributed by atoms with Crippen LogP contribution < -0.4 is 5.32 Å². The van der Waals surface area contributed by atoms with Gasteiger partial charge in [-0.25, -0.2) is 0 Å². The zero-order chi connectivity index (χ0) is 20.5. The van der Waals surface area contributed by atoms with Crippen molar-refractivity contribution < 1.29 is 4.79 Å².